The molecule has 2 heterocycles. The van der Waals surface area contributed by atoms with E-state index in [-0.39, 0.29) is 0 Å². The number of piperazine rings is 1. The van der Waals surface area contributed by atoms with E-state index in [1.807, 2.05) is 0 Å². The molecule has 0 aromatic heterocycles. The Balaban J connectivity index is 1.61. The van der Waals surface area contributed by atoms with Crippen LogP contribution in [0.4, 0.5) is 0 Å². The second kappa shape index (κ2) is 5.99. The van der Waals surface area contributed by atoms with Crippen molar-refractivity contribution < 1.29 is 0 Å². The molecule has 2 rings (SSSR count). The number of rotatable bonds is 4. The zero-order chi connectivity index (χ0) is 11.4. The zero-order valence-corrected chi connectivity index (χ0v) is 11.0. The molecule has 2 saturated heterocycles. The van der Waals surface area contributed by atoms with Crippen molar-refractivity contribution in [3.8, 4) is 0 Å². The largest absolute Gasteiger partial charge is 0.302 e. The molecular formula is C13H27N3. The molecule has 3 heteroatoms. The van der Waals surface area contributed by atoms with Crippen LogP contribution in [0.5, 0.6) is 0 Å². The van der Waals surface area contributed by atoms with Crippen molar-refractivity contribution in [2.45, 2.75) is 32.7 Å². The van der Waals surface area contributed by atoms with Crippen LogP contribution in [0, 0.1) is 0 Å². The van der Waals surface area contributed by atoms with Gasteiger partial charge in [0.15, 0.2) is 0 Å². The van der Waals surface area contributed by atoms with Crippen LogP contribution in [-0.2, 0) is 0 Å². The minimum atomic E-state index is 0.723. The summed E-state index contributed by atoms with van der Waals surface area (Å²) in [5.74, 6) is 0. The highest BCUT2D eigenvalue weighted by molar-refractivity contribution is 4.76. The van der Waals surface area contributed by atoms with Gasteiger partial charge in [-0.25, -0.2) is 0 Å². The topological polar surface area (TPSA) is 9.72 Å². The Hall–Kier alpha value is -0.120. The fourth-order valence-corrected chi connectivity index (χ4v) is 2.79. The highest BCUT2D eigenvalue weighted by Crippen LogP contribution is 2.09. The van der Waals surface area contributed by atoms with Crippen LogP contribution in [-0.4, -0.2) is 73.1 Å². The second-order valence-electron chi connectivity index (χ2n) is 5.52. The summed E-state index contributed by atoms with van der Waals surface area (Å²) < 4.78 is 0. The summed E-state index contributed by atoms with van der Waals surface area (Å²) in [6.07, 6.45) is 2.84. The van der Waals surface area contributed by atoms with E-state index in [9.17, 15) is 0 Å². The van der Waals surface area contributed by atoms with E-state index in [1.54, 1.807) is 0 Å². The van der Waals surface area contributed by atoms with Gasteiger partial charge < -0.3 is 4.90 Å². The first kappa shape index (κ1) is 12.3. The third kappa shape index (κ3) is 3.44. The normalized spacial score (nSPS) is 25.7. The molecule has 16 heavy (non-hydrogen) atoms. The molecule has 2 aliphatic rings. The maximum absolute atomic E-state index is 2.64. The van der Waals surface area contributed by atoms with E-state index in [4.69, 9.17) is 0 Å². The van der Waals surface area contributed by atoms with Crippen LogP contribution in [0.2, 0.25) is 0 Å². The van der Waals surface area contributed by atoms with Crippen molar-refractivity contribution in [3.05, 3.63) is 0 Å². The van der Waals surface area contributed by atoms with Crippen LogP contribution in [0.1, 0.15) is 26.7 Å². The standard InChI is InChI=1S/C13H27N3/c1-13(2)16-11-9-15(10-12-16)8-7-14-5-3-4-6-14/h13H,3-12H2,1-2H3. The van der Waals surface area contributed by atoms with Crippen molar-refractivity contribution in [1.29, 1.82) is 0 Å². The van der Waals surface area contributed by atoms with E-state index < -0.39 is 0 Å². The first-order valence-electron chi connectivity index (χ1n) is 6.94. The Labute approximate surface area is 100 Å². The summed E-state index contributed by atoms with van der Waals surface area (Å²) in [6, 6.07) is 0.723. The lowest BCUT2D eigenvalue weighted by atomic mass is 10.2. The van der Waals surface area contributed by atoms with Crippen LogP contribution >= 0.6 is 0 Å². The predicted molar refractivity (Wildman–Crippen MR) is 68.8 cm³/mol. The molecule has 0 saturated carbocycles. The SMILES string of the molecule is CC(C)N1CCN(CCN2CCCC2)CC1. The fraction of sp³-hybridized carbons (Fsp3) is 1.00. The summed E-state index contributed by atoms with van der Waals surface area (Å²) in [5, 5.41) is 0. The molecule has 2 aliphatic heterocycles. The molecule has 3 nitrogen and oxygen atoms in total. The average Bonchev–Trinajstić information content (AvgIpc) is 2.80. The molecule has 0 radical (unpaired) electrons. The maximum Gasteiger partial charge on any atom is 0.0113 e. The summed E-state index contributed by atoms with van der Waals surface area (Å²) in [6.45, 7) is 14.9. The molecule has 0 spiro atoms. The summed E-state index contributed by atoms with van der Waals surface area (Å²) >= 11 is 0. The average molecular weight is 225 g/mol. The minimum Gasteiger partial charge on any atom is -0.302 e. The second-order valence-corrected chi connectivity index (χ2v) is 5.52. The highest BCUT2D eigenvalue weighted by Gasteiger charge is 2.19. The Morgan fingerprint density at radius 2 is 1.25 bits per heavy atom. The first-order valence-corrected chi connectivity index (χ1v) is 6.94. The third-order valence-electron chi connectivity index (χ3n) is 4.07. The molecule has 0 aromatic rings. The molecule has 0 bridgehead atoms. The van der Waals surface area contributed by atoms with Gasteiger partial charge in [-0.15, -0.1) is 0 Å². The van der Waals surface area contributed by atoms with Crippen LogP contribution in [0.25, 0.3) is 0 Å². The summed E-state index contributed by atoms with van der Waals surface area (Å²) in [7, 11) is 0. The fourth-order valence-electron chi connectivity index (χ4n) is 2.79. The lowest BCUT2D eigenvalue weighted by Crippen LogP contribution is -2.50. The Kier molecular flexibility index (Phi) is 4.62. The van der Waals surface area contributed by atoms with E-state index in [2.05, 4.69) is 28.5 Å². The van der Waals surface area contributed by atoms with Gasteiger partial charge in [-0.05, 0) is 39.8 Å². The van der Waals surface area contributed by atoms with Crippen molar-refractivity contribution in [2.24, 2.45) is 0 Å². The monoisotopic (exact) mass is 225 g/mol. The van der Waals surface area contributed by atoms with Gasteiger partial charge >= 0.3 is 0 Å². The Bertz CT molecular complexity index is 191. The van der Waals surface area contributed by atoms with Gasteiger partial charge in [-0.1, -0.05) is 0 Å². The molecule has 0 aliphatic carbocycles. The lowest BCUT2D eigenvalue weighted by Gasteiger charge is -2.37. The molecule has 0 aromatic carbocycles. The Morgan fingerprint density at radius 3 is 1.75 bits per heavy atom. The van der Waals surface area contributed by atoms with E-state index in [1.165, 1.54) is 65.2 Å². The minimum absolute atomic E-state index is 0.723. The van der Waals surface area contributed by atoms with Crippen LogP contribution in [0.15, 0.2) is 0 Å². The van der Waals surface area contributed by atoms with Crippen molar-refractivity contribution >= 4 is 0 Å². The maximum atomic E-state index is 2.64. The first-order chi connectivity index (χ1) is 7.75. The van der Waals surface area contributed by atoms with Gasteiger partial charge in [-0.2, -0.15) is 0 Å². The number of hydrogen-bond acceptors (Lipinski definition) is 3. The number of nitrogens with zero attached hydrogens (tertiary/aromatic N) is 3. The van der Waals surface area contributed by atoms with E-state index >= 15 is 0 Å². The van der Waals surface area contributed by atoms with Crippen molar-refractivity contribution in [3.63, 3.8) is 0 Å². The molecular weight excluding hydrogens is 198 g/mol. The van der Waals surface area contributed by atoms with Crippen LogP contribution in [0.3, 0.4) is 0 Å². The molecule has 0 N–H and O–H groups in total. The highest BCUT2D eigenvalue weighted by atomic mass is 15.3. The van der Waals surface area contributed by atoms with Gasteiger partial charge in [-0.3, -0.25) is 9.80 Å². The number of hydrogen-bond donors (Lipinski definition) is 0. The van der Waals surface area contributed by atoms with Gasteiger partial charge in [0.1, 0.15) is 0 Å². The molecule has 94 valence electrons. The van der Waals surface area contributed by atoms with Gasteiger partial charge in [0, 0.05) is 45.3 Å². The Morgan fingerprint density at radius 1 is 0.750 bits per heavy atom. The predicted octanol–water partition coefficient (Wildman–Crippen LogP) is 1.11. The summed E-state index contributed by atoms with van der Waals surface area (Å²) in [5.41, 5.74) is 0. The van der Waals surface area contributed by atoms with Crippen molar-refractivity contribution in [2.75, 3.05) is 52.4 Å². The third-order valence-corrected chi connectivity index (χ3v) is 4.07. The smallest absolute Gasteiger partial charge is 0.0113 e. The molecule has 0 amide bonds. The zero-order valence-electron chi connectivity index (χ0n) is 11.0. The van der Waals surface area contributed by atoms with E-state index in [0.717, 1.165) is 6.04 Å². The van der Waals surface area contributed by atoms with E-state index in [0.29, 0.717) is 0 Å². The van der Waals surface area contributed by atoms with Gasteiger partial charge in [0.25, 0.3) is 0 Å². The molecule has 2 fully saturated rings. The molecule has 0 atom stereocenters. The summed E-state index contributed by atoms with van der Waals surface area (Å²) in [4.78, 5) is 7.85. The van der Waals surface area contributed by atoms with Gasteiger partial charge in [0.2, 0.25) is 0 Å². The molecule has 0 unspecified atom stereocenters. The van der Waals surface area contributed by atoms with Crippen molar-refractivity contribution in [1.82, 2.24) is 14.7 Å². The van der Waals surface area contributed by atoms with Crippen LogP contribution < -0.4 is 0 Å². The lowest BCUT2D eigenvalue weighted by molar-refractivity contribution is 0.101. The quantitative estimate of drug-likeness (QED) is 0.709. The number of likely N-dealkylation sites (tertiary alicyclic amines) is 1. The van der Waals surface area contributed by atoms with Gasteiger partial charge in [0.05, 0.1) is 0 Å².